The molecule has 0 aliphatic carbocycles. The maximum atomic E-state index is 12.4. The highest BCUT2D eigenvalue weighted by Crippen LogP contribution is 2.32. The molecule has 7 heteroatoms. The van der Waals surface area contributed by atoms with Gasteiger partial charge < -0.3 is 9.64 Å². The molecule has 0 saturated carbocycles. The van der Waals surface area contributed by atoms with Gasteiger partial charge in [-0.2, -0.15) is 0 Å². The molecular weight excluding hydrogens is 312 g/mol. The third kappa shape index (κ3) is 3.75. The van der Waals surface area contributed by atoms with E-state index >= 15 is 0 Å². The second-order valence-electron chi connectivity index (χ2n) is 5.24. The number of amides is 1. The fraction of sp³-hybridized carbons (Fsp3) is 0.176. The van der Waals surface area contributed by atoms with Crippen LogP contribution in [-0.2, 0) is 4.79 Å². The minimum atomic E-state index is -1.03. The Morgan fingerprint density at radius 3 is 2.42 bits per heavy atom. The lowest BCUT2D eigenvalue weighted by Crippen LogP contribution is -2.31. The van der Waals surface area contributed by atoms with E-state index in [1.807, 2.05) is 0 Å². The molecule has 2 aromatic rings. The Morgan fingerprint density at radius 1 is 1.21 bits per heavy atom. The number of benzene rings is 2. The molecule has 124 valence electrons. The van der Waals surface area contributed by atoms with E-state index in [9.17, 15) is 19.7 Å². The van der Waals surface area contributed by atoms with Gasteiger partial charge in [-0.3, -0.25) is 19.7 Å². The summed E-state index contributed by atoms with van der Waals surface area (Å²) < 4.78 is 5.67. The standard InChI is InChI=1S/C17H16N2O5/c1-18(2)17(21)16(13-6-4-3-5-7-13)24-15-9-8-12(11-20)10-14(15)19(22)23/h3-11,16H,1-2H3/t16-/m1/s1. The summed E-state index contributed by atoms with van der Waals surface area (Å²) in [4.78, 5) is 35.2. The first-order valence-electron chi connectivity index (χ1n) is 7.10. The predicted molar refractivity (Wildman–Crippen MR) is 87.0 cm³/mol. The average molecular weight is 328 g/mol. The van der Waals surface area contributed by atoms with Gasteiger partial charge in [-0.1, -0.05) is 30.3 Å². The monoisotopic (exact) mass is 328 g/mol. The number of nitrogens with zero attached hydrogens (tertiary/aromatic N) is 2. The SMILES string of the molecule is CN(C)C(=O)[C@H](Oc1ccc(C=O)cc1[N+](=O)[O-])c1ccccc1. The molecule has 0 heterocycles. The van der Waals surface area contributed by atoms with Crippen LogP contribution in [0.25, 0.3) is 0 Å². The summed E-state index contributed by atoms with van der Waals surface area (Å²) in [7, 11) is 3.15. The molecule has 0 radical (unpaired) electrons. The number of nitro benzene ring substituents is 1. The van der Waals surface area contributed by atoms with Crippen LogP contribution in [0, 0.1) is 10.1 Å². The largest absolute Gasteiger partial charge is 0.469 e. The highest BCUT2D eigenvalue weighted by atomic mass is 16.6. The number of hydrogen-bond donors (Lipinski definition) is 0. The van der Waals surface area contributed by atoms with Crippen LogP contribution in [0.15, 0.2) is 48.5 Å². The molecule has 0 aromatic heterocycles. The van der Waals surface area contributed by atoms with Crippen molar-refractivity contribution in [3.8, 4) is 5.75 Å². The molecule has 1 amide bonds. The summed E-state index contributed by atoms with van der Waals surface area (Å²) in [5, 5.41) is 11.2. The molecule has 0 fully saturated rings. The van der Waals surface area contributed by atoms with E-state index in [0.717, 1.165) is 6.07 Å². The number of carbonyl (C=O) groups is 2. The first kappa shape index (κ1) is 17.1. The molecule has 7 nitrogen and oxygen atoms in total. The topological polar surface area (TPSA) is 89.8 Å². The van der Waals surface area contributed by atoms with Crippen molar-refractivity contribution in [2.45, 2.75) is 6.10 Å². The van der Waals surface area contributed by atoms with Crippen LogP contribution in [0.4, 0.5) is 5.69 Å². The summed E-state index contributed by atoms with van der Waals surface area (Å²) in [6.07, 6.45) is -0.516. The molecule has 2 aromatic carbocycles. The van der Waals surface area contributed by atoms with Crippen LogP contribution in [0.5, 0.6) is 5.75 Å². The number of likely N-dealkylation sites (N-methyl/N-ethyl adjacent to an activating group) is 1. The first-order valence-corrected chi connectivity index (χ1v) is 7.10. The quantitative estimate of drug-likeness (QED) is 0.462. The summed E-state index contributed by atoms with van der Waals surface area (Å²) in [5.74, 6) is -0.426. The predicted octanol–water partition coefficient (Wildman–Crippen LogP) is 2.62. The second kappa shape index (κ2) is 7.36. The Morgan fingerprint density at radius 2 is 1.88 bits per heavy atom. The van der Waals surface area contributed by atoms with Gasteiger partial charge in [-0.25, -0.2) is 0 Å². The van der Waals surface area contributed by atoms with Crippen molar-refractivity contribution in [2.24, 2.45) is 0 Å². The normalized spacial score (nSPS) is 11.4. The number of aldehydes is 1. The fourth-order valence-corrected chi connectivity index (χ4v) is 2.10. The highest BCUT2D eigenvalue weighted by Gasteiger charge is 2.27. The Balaban J connectivity index is 2.45. The summed E-state index contributed by atoms with van der Waals surface area (Å²) >= 11 is 0. The highest BCUT2D eigenvalue weighted by molar-refractivity contribution is 5.82. The Labute approximate surface area is 138 Å². The number of ether oxygens (including phenoxy) is 1. The van der Waals surface area contributed by atoms with Crippen LogP contribution in [-0.4, -0.2) is 36.1 Å². The second-order valence-corrected chi connectivity index (χ2v) is 5.24. The van der Waals surface area contributed by atoms with E-state index in [2.05, 4.69) is 0 Å². The third-order valence-corrected chi connectivity index (χ3v) is 3.33. The maximum absolute atomic E-state index is 12.4. The zero-order valence-electron chi connectivity index (χ0n) is 13.2. The molecule has 1 atom stereocenters. The smallest absolute Gasteiger partial charge is 0.311 e. The first-order chi connectivity index (χ1) is 11.4. The van der Waals surface area contributed by atoms with Crippen molar-refractivity contribution in [1.82, 2.24) is 4.90 Å². The lowest BCUT2D eigenvalue weighted by Gasteiger charge is -2.22. The van der Waals surface area contributed by atoms with Gasteiger partial charge in [0.15, 0.2) is 5.75 Å². The zero-order valence-corrected chi connectivity index (χ0v) is 13.2. The summed E-state index contributed by atoms with van der Waals surface area (Å²) in [6, 6.07) is 12.5. The third-order valence-electron chi connectivity index (χ3n) is 3.33. The lowest BCUT2D eigenvalue weighted by molar-refractivity contribution is -0.386. The Kier molecular flexibility index (Phi) is 5.26. The van der Waals surface area contributed by atoms with Crippen LogP contribution in [0.3, 0.4) is 0 Å². The van der Waals surface area contributed by atoms with E-state index < -0.39 is 11.0 Å². The fourth-order valence-electron chi connectivity index (χ4n) is 2.10. The molecule has 0 aliphatic heterocycles. The summed E-state index contributed by atoms with van der Waals surface area (Å²) in [5.41, 5.74) is 0.362. The molecule has 24 heavy (non-hydrogen) atoms. The van der Waals surface area contributed by atoms with Crippen molar-refractivity contribution in [2.75, 3.05) is 14.1 Å². The Bertz CT molecular complexity index is 759. The van der Waals surface area contributed by atoms with E-state index in [1.54, 1.807) is 44.4 Å². The van der Waals surface area contributed by atoms with Crippen molar-refractivity contribution >= 4 is 17.9 Å². The Hall–Kier alpha value is -3.22. The van der Waals surface area contributed by atoms with Crippen molar-refractivity contribution in [1.29, 1.82) is 0 Å². The minimum absolute atomic E-state index is 0.0744. The van der Waals surface area contributed by atoms with Crippen LogP contribution in [0.2, 0.25) is 0 Å². The molecule has 0 unspecified atom stereocenters. The van der Waals surface area contributed by atoms with E-state index in [4.69, 9.17) is 4.74 Å². The van der Waals surface area contributed by atoms with Crippen molar-refractivity contribution in [3.05, 3.63) is 69.8 Å². The average Bonchev–Trinajstić information content (AvgIpc) is 2.59. The summed E-state index contributed by atoms with van der Waals surface area (Å²) in [6.45, 7) is 0. The van der Waals surface area contributed by atoms with Gasteiger partial charge in [-0.15, -0.1) is 0 Å². The molecule has 0 spiro atoms. The van der Waals surface area contributed by atoms with Crippen molar-refractivity contribution in [3.63, 3.8) is 0 Å². The van der Waals surface area contributed by atoms with Crippen LogP contribution in [0.1, 0.15) is 22.0 Å². The van der Waals surface area contributed by atoms with Crippen LogP contribution < -0.4 is 4.74 Å². The lowest BCUT2D eigenvalue weighted by atomic mass is 10.1. The van der Waals surface area contributed by atoms with E-state index in [0.29, 0.717) is 11.8 Å². The number of nitro groups is 1. The number of hydrogen-bond acceptors (Lipinski definition) is 5. The van der Waals surface area contributed by atoms with Gasteiger partial charge in [0.25, 0.3) is 5.91 Å². The van der Waals surface area contributed by atoms with Gasteiger partial charge in [0.05, 0.1) is 4.92 Å². The maximum Gasteiger partial charge on any atom is 0.311 e. The van der Waals surface area contributed by atoms with E-state index in [-0.39, 0.29) is 22.9 Å². The van der Waals surface area contributed by atoms with Gasteiger partial charge >= 0.3 is 5.69 Å². The van der Waals surface area contributed by atoms with Gasteiger partial charge in [0.2, 0.25) is 6.10 Å². The molecule has 2 rings (SSSR count). The number of rotatable bonds is 6. The van der Waals surface area contributed by atoms with Gasteiger partial charge in [-0.05, 0) is 12.1 Å². The van der Waals surface area contributed by atoms with Crippen molar-refractivity contribution < 1.29 is 19.2 Å². The van der Waals surface area contributed by atoms with E-state index in [1.165, 1.54) is 17.0 Å². The van der Waals surface area contributed by atoms with Gasteiger partial charge in [0, 0.05) is 31.3 Å². The molecule has 0 bridgehead atoms. The molecule has 0 aliphatic rings. The molecule has 0 N–H and O–H groups in total. The minimum Gasteiger partial charge on any atom is -0.469 e. The molecular formula is C17H16N2O5. The zero-order chi connectivity index (χ0) is 17.7. The van der Waals surface area contributed by atoms with Gasteiger partial charge in [0.1, 0.15) is 6.29 Å². The molecule has 0 saturated heterocycles. The number of carbonyl (C=O) groups excluding carboxylic acids is 2. The van der Waals surface area contributed by atoms with Crippen LogP contribution >= 0.6 is 0 Å².